The molecule has 96 valence electrons. The molecule has 1 rings (SSSR count). The van der Waals surface area contributed by atoms with Crippen molar-refractivity contribution in [1.29, 1.82) is 0 Å². The highest BCUT2D eigenvalue weighted by Gasteiger charge is 2.28. The topological polar surface area (TPSA) is 21.3 Å². The van der Waals surface area contributed by atoms with Gasteiger partial charge >= 0.3 is 0 Å². The maximum Gasteiger partial charge on any atom is 0.141 e. The average molecular weight is 304 g/mol. The molecule has 1 aromatic rings. The molecule has 1 atom stereocenters. The molecule has 4 heteroatoms. The summed E-state index contributed by atoms with van der Waals surface area (Å²) < 4.78 is 19.2. The molecule has 1 unspecified atom stereocenters. The fourth-order valence-corrected chi connectivity index (χ4v) is 2.36. The van der Waals surface area contributed by atoms with Crippen LogP contribution in [0.15, 0.2) is 16.6 Å². The van der Waals surface area contributed by atoms with Crippen molar-refractivity contribution in [1.82, 2.24) is 5.32 Å². The molecule has 0 saturated heterocycles. The molecule has 1 aromatic carbocycles. The Morgan fingerprint density at radius 2 is 1.94 bits per heavy atom. The highest BCUT2D eigenvalue weighted by Crippen LogP contribution is 2.39. The second kappa shape index (κ2) is 5.36. The molecule has 1 N–H and O–H groups in total. The van der Waals surface area contributed by atoms with Gasteiger partial charge in [0.25, 0.3) is 0 Å². The Morgan fingerprint density at radius 3 is 2.35 bits per heavy atom. The third-order valence-corrected chi connectivity index (χ3v) is 3.35. The molecule has 0 heterocycles. The molecule has 0 radical (unpaired) electrons. The Hall–Kier alpha value is -0.610. The zero-order valence-electron chi connectivity index (χ0n) is 10.9. The number of ether oxygens (including phenoxy) is 1. The van der Waals surface area contributed by atoms with Crippen molar-refractivity contribution in [2.75, 3.05) is 14.2 Å². The van der Waals surface area contributed by atoms with Gasteiger partial charge in [0, 0.05) is 17.7 Å². The van der Waals surface area contributed by atoms with E-state index in [1.165, 1.54) is 6.07 Å². The van der Waals surface area contributed by atoms with E-state index in [1.807, 2.05) is 7.05 Å². The van der Waals surface area contributed by atoms with Crippen LogP contribution in [0, 0.1) is 11.2 Å². The Bertz CT molecular complexity index is 401. The molecule has 0 aromatic heterocycles. The fraction of sp³-hybridized carbons (Fsp3) is 0.538. The van der Waals surface area contributed by atoms with Crippen molar-refractivity contribution in [2.24, 2.45) is 5.41 Å². The van der Waals surface area contributed by atoms with Crippen molar-refractivity contribution in [2.45, 2.75) is 26.8 Å². The highest BCUT2D eigenvalue weighted by atomic mass is 79.9. The molecule has 0 amide bonds. The third-order valence-electron chi connectivity index (χ3n) is 2.74. The van der Waals surface area contributed by atoms with Gasteiger partial charge in [0.1, 0.15) is 11.6 Å². The van der Waals surface area contributed by atoms with E-state index >= 15 is 0 Å². The number of hydrogen-bond acceptors (Lipinski definition) is 2. The number of benzene rings is 1. The monoisotopic (exact) mass is 303 g/mol. The first kappa shape index (κ1) is 14.5. The van der Waals surface area contributed by atoms with Gasteiger partial charge in [0.2, 0.25) is 0 Å². The minimum absolute atomic E-state index is 0.0132. The molecule has 0 saturated carbocycles. The van der Waals surface area contributed by atoms with Gasteiger partial charge in [-0.1, -0.05) is 20.8 Å². The van der Waals surface area contributed by atoms with E-state index < -0.39 is 0 Å². The third kappa shape index (κ3) is 3.19. The van der Waals surface area contributed by atoms with E-state index in [-0.39, 0.29) is 17.3 Å². The van der Waals surface area contributed by atoms with Gasteiger partial charge in [-0.3, -0.25) is 0 Å². The lowest BCUT2D eigenvalue weighted by Gasteiger charge is -2.32. The van der Waals surface area contributed by atoms with Crippen LogP contribution in [0.1, 0.15) is 32.4 Å². The maximum atomic E-state index is 13.5. The van der Waals surface area contributed by atoms with E-state index in [9.17, 15) is 4.39 Å². The first-order valence-electron chi connectivity index (χ1n) is 5.51. The molecule has 0 aliphatic rings. The van der Waals surface area contributed by atoms with Crippen molar-refractivity contribution < 1.29 is 9.13 Å². The quantitative estimate of drug-likeness (QED) is 0.914. The molecule has 0 aliphatic carbocycles. The van der Waals surface area contributed by atoms with Crippen LogP contribution in [0.5, 0.6) is 5.75 Å². The summed E-state index contributed by atoms with van der Waals surface area (Å²) in [5.74, 6) is 0.259. The number of methoxy groups -OCH3 is 1. The lowest BCUT2D eigenvalue weighted by molar-refractivity contribution is 0.277. The normalized spacial score (nSPS) is 13.6. The van der Waals surface area contributed by atoms with Gasteiger partial charge in [0.05, 0.1) is 11.6 Å². The highest BCUT2D eigenvalue weighted by molar-refractivity contribution is 9.10. The molecular formula is C13H19BrFNO. The first-order valence-corrected chi connectivity index (χ1v) is 6.30. The molecule has 17 heavy (non-hydrogen) atoms. The van der Waals surface area contributed by atoms with Crippen LogP contribution in [0.4, 0.5) is 4.39 Å². The molecule has 0 fully saturated rings. The van der Waals surface area contributed by atoms with Crippen LogP contribution in [-0.4, -0.2) is 14.2 Å². The number of nitrogens with one attached hydrogen (secondary N) is 1. The van der Waals surface area contributed by atoms with Crippen molar-refractivity contribution in [3.05, 3.63) is 28.0 Å². The lowest BCUT2D eigenvalue weighted by Crippen LogP contribution is -2.30. The molecule has 0 bridgehead atoms. The van der Waals surface area contributed by atoms with Gasteiger partial charge in [-0.25, -0.2) is 4.39 Å². The summed E-state index contributed by atoms with van der Waals surface area (Å²) in [4.78, 5) is 0. The Kier molecular flexibility index (Phi) is 4.55. The average Bonchev–Trinajstić information content (AvgIpc) is 2.21. The standard InChI is InChI=1S/C13H19BrFNO/c1-13(2,3)12(16-4)8-6-9(14)10(15)7-11(8)17-5/h6-7,12,16H,1-5H3. The van der Waals surface area contributed by atoms with Crippen LogP contribution in [0.3, 0.4) is 0 Å². The minimum atomic E-state index is -0.311. The number of hydrogen-bond donors (Lipinski definition) is 1. The van der Waals surface area contributed by atoms with Crippen LogP contribution in [0.2, 0.25) is 0 Å². The Morgan fingerprint density at radius 1 is 1.35 bits per heavy atom. The van der Waals surface area contributed by atoms with Gasteiger partial charge in [-0.2, -0.15) is 0 Å². The van der Waals surface area contributed by atoms with E-state index in [2.05, 4.69) is 42.0 Å². The largest absolute Gasteiger partial charge is 0.496 e. The molecule has 0 spiro atoms. The van der Waals surface area contributed by atoms with E-state index in [4.69, 9.17) is 4.74 Å². The molecule has 2 nitrogen and oxygen atoms in total. The molecular weight excluding hydrogens is 285 g/mol. The summed E-state index contributed by atoms with van der Waals surface area (Å²) in [6.45, 7) is 6.39. The Balaban J connectivity index is 3.32. The van der Waals surface area contributed by atoms with E-state index in [1.54, 1.807) is 13.2 Å². The lowest BCUT2D eigenvalue weighted by atomic mass is 9.82. The van der Waals surface area contributed by atoms with E-state index in [0.29, 0.717) is 10.2 Å². The second-order valence-corrected chi connectivity index (χ2v) is 5.95. The molecule has 0 aliphatic heterocycles. The van der Waals surface area contributed by atoms with Gasteiger partial charge in [0.15, 0.2) is 0 Å². The Labute approximate surface area is 111 Å². The summed E-state index contributed by atoms with van der Waals surface area (Å²) in [5, 5.41) is 3.26. The number of halogens is 2. The van der Waals surface area contributed by atoms with E-state index in [0.717, 1.165) is 5.56 Å². The number of rotatable bonds is 3. The fourth-order valence-electron chi connectivity index (χ4n) is 2.00. The van der Waals surface area contributed by atoms with Crippen LogP contribution in [-0.2, 0) is 0 Å². The second-order valence-electron chi connectivity index (χ2n) is 5.10. The smallest absolute Gasteiger partial charge is 0.141 e. The maximum absolute atomic E-state index is 13.5. The van der Waals surface area contributed by atoms with Crippen LogP contribution >= 0.6 is 15.9 Å². The summed E-state index contributed by atoms with van der Waals surface area (Å²) in [7, 11) is 3.45. The van der Waals surface area contributed by atoms with Crippen molar-refractivity contribution in [3.63, 3.8) is 0 Å². The zero-order valence-corrected chi connectivity index (χ0v) is 12.5. The predicted octanol–water partition coefficient (Wildman–Crippen LogP) is 3.90. The summed E-state index contributed by atoms with van der Waals surface area (Å²) in [6, 6.07) is 3.28. The summed E-state index contributed by atoms with van der Waals surface area (Å²) in [6.07, 6.45) is 0. The SMILES string of the molecule is CNC(c1cc(Br)c(F)cc1OC)C(C)(C)C. The van der Waals surface area contributed by atoms with Crippen molar-refractivity contribution in [3.8, 4) is 5.75 Å². The summed E-state index contributed by atoms with van der Waals surface area (Å²) in [5.41, 5.74) is 0.968. The van der Waals surface area contributed by atoms with Gasteiger partial charge in [-0.05, 0) is 34.5 Å². The van der Waals surface area contributed by atoms with Crippen LogP contribution < -0.4 is 10.1 Å². The first-order chi connectivity index (χ1) is 7.81. The summed E-state index contributed by atoms with van der Waals surface area (Å²) >= 11 is 3.22. The van der Waals surface area contributed by atoms with Gasteiger partial charge < -0.3 is 10.1 Å². The zero-order chi connectivity index (χ0) is 13.2. The van der Waals surface area contributed by atoms with Crippen molar-refractivity contribution >= 4 is 15.9 Å². The minimum Gasteiger partial charge on any atom is -0.496 e. The van der Waals surface area contributed by atoms with Gasteiger partial charge in [-0.15, -0.1) is 0 Å². The van der Waals surface area contributed by atoms with Crippen LogP contribution in [0.25, 0.3) is 0 Å². The predicted molar refractivity (Wildman–Crippen MR) is 71.9 cm³/mol.